The number of aromatic nitrogens is 2. The van der Waals surface area contributed by atoms with Crippen molar-refractivity contribution >= 4 is 15.9 Å². The van der Waals surface area contributed by atoms with Crippen LogP contribution in [-0.2, 0) is 0 Å². The minimum absolute atomic E-state index is 0.0201. The molecule has 0 saturated heterocycles. The van der Waals surface area contributed by atoms with Crippen molar-refractivity contribution in [1.82, 2.24) is 15.5 Å². The molecule has 1 N–H and O–H groups in total. The molecule has 0 fully saturated rings. The van der Waals surface area contributed by atoms with E-state index in [1.807, 2.05) is 13.8 Å². The molecule has 4 nitrogen and oxygen atoms in total. The molecule has 0 aliphatic rings. The Morgan fingerprint density at radius 2 is 2.17 bits per heavy atom. The van der Waals surface area contributed by atoms with E-state index in [1.165, 1.54) is 12.1 Å². The van der Waals surface area contributed by atoms with Crippen LogP contribution >= 0.6 is 15.9 Å². The maximum absolute atomic E-state index is 13.3. The molecule has 0 aliphatic carbocycles. The van der Waals surface area contributed by atoms with Crippen molar-refractivity contribution in [3.05, 3.63) is 34.4 Å². The van der Waals surface area contributed by atoms with E-state index in [1.54, 1.807) is 6.07 Å². The summed E-state index contributed by atoms with van der Waals surface area (Å²) in [5.41, 5.74) is 0.560. The zero-order valence-electron chi connectivity index (χ0n) is 10.1. The Morgan fingerprint density at radius 1 is 1.39 bits per heavy atom. The molecule has 96 valence electrons. The van der Waals surface area contributed by atoms with Gasteiger partial charge in [0.25, 0.3) is 0 Å². The Labute approximate surface area is 113 Å². The molecule has 0 amide bonds. The second-order valence-corrected chi connectivity index (χ2v) is 4.80. The molecule has 0 aliphatic heterocycles. The van der Waals surface area contributed by atoms with Gasteiger partial charge in [-0.15, -0.1) is 10.2 Å². The topological polar surface area (TPSA) is 51.0 Å². The first-order valence-corrected chi connectivity index (χ1v) is 6.42. The van der Waals surface area contributed by atoms with Gasteiger partial charge in [0.1, 0.15) is 5.82 Å². The van der Waals surface area contributed by atoms with Gasteiger partial charge in [-0.2, -0.15) is 0 Å². The van der Waals surface area contributed by atoms with Crippen LogP contribution in [0.4, 0.5) is 4.39 Å². The van der Waals surface area contributed by atoms with Gasteiger partial charge in [0.2, 0.25) is 11.8 Å². The minimum atomic E-state index is -0.348. The van der Waals surface area contributed by atoms with Crippen LogP contribution in [0.5, 0.6) is 0 Å². The Kier molecular flexibility index (Phi) is 4.08. The highest BCUT2D eigenvalue weighted by Crippen LogP contribution is 2.24. The summed E-state index contributed by atoms with van der Waals surface area (Å²) in [7, 11) is 0. The minimum Gasteiger partial charge on any atom is -0.419 e. The van der Waals surface area contributed by atoms with E-state index in [4.69, 9.17) is 4.42 Å². The standard InChI is InChI=1S/C12H13BrFN3O/c1-3-15-7(2)11-16-17-12(18-11)8-4-9(13)6-10(14)5-8/h4-7,15H,3H2,1-2H3. The van der Waals surface area contributed by atoms with E-state index in [0.29, 0.717) is 21.8 Å². The van der Waals surface area contributed by atoms with Crippen LogP contribution in [0.1, 0.15) is 25.8 Å². The first-order valence-electron chi connectivity index (χ1n) is 5.63. The number of hydrogen-bond acceptors (Lipinski definition) is 4. The molecule has 2 rings (SSSR count). The lowest BCUT2D eigenvalue weighted by Crippen LogP contribution is -2.17. The Balaban J connectivity index is 2.29. The van der Waals surface area contributed by atoms with Crippen LogP contribution < -0.4 is 5.32 Å². The van der Waals surface area contributed by atoms with Crippen molar-refractivity contribution in [2.45, 2.75) is 19.9 Å². The van der Waals surface area contributed by atoms with Gasteiger partial charge < -0.3 is 9.73 Å². The molecular formula is C12H13BrFN3O. The largest absolute Gasteiger partial charge is 0.419 e. The summed E-state index contributed by atoms with van der Waals surface area (Å²) in [6.07, 6.45) is 0. The van der Waals surface area contributed by atoms with Gasteiger partial charge in [0.05, 0.1) is 6.04 Å². The van der Waals surface area contributed by atoms with Crippen molar-refractivity contribution in [2.75, 3.05) is 6.54 Å². The molecule has 1 heterocycles. The van der Waals surface area contributed by atoms with Crippen molar-refractivity contribution in [3.63, 3.8) is 0 Å². The predicted octanol–water partition coefficient (Wildman–Crippen LogP) is 3.31. The molecule has 0 bridgehead atoms. The van der Waals surface area contributed by atoms with Gasteiger partial charge in [0, 0.05) is 10.0 Å². The lowest BCUT2D eigenvalue weighted by molar-refractivity contribution is 0.428. The van der Waals surface area contributed by atoms with E-state index in [9.17, 15) is 4.39 Å². The lowest BCUT2D eigenvalue weighted by Gasteiger charge is -2.05. The second kappa shape index (κ2) is 5.58. The van der Waals surface area contributed by atoms with E-state index in [2.05, 4.69) is 31.4 Å². The first-order chi connectivity index (χ1) is 8.60. The smallest absolute Gasteiger partial charge is 0.247 e. The van der Waals surface area contributed by atoms with Gasteiger partial charge >= 0.3 is 0 Å². The monoisotopic (exact) mass is 313 g/mol. The molecule has 6 heteroatoms. The Bertz CT molecular complexity index is 524. The van der Waals surface area contributed by atoms with Crippen LogP contribution in [-0.4, -0.2) is 16.7 Å². The van der Waals surface area contributed by atoms with Gasteiger partial charge in [-0.25, -0.2) is 4.39 Å². The highest BCUT2D eigenvalue weighted by Gasteiger charge is 2.14. The maximum Gasteiger partial charge on any atom is 0.247 e. The fourth-order valence-electron chi connectivity index (χ4n) is 1.60. The third-order valence-electron chi connectivity index (χ3n) is 2.43. The van der Waals surface area contributed by atoms with Crippen LogP contribution in [0.15, 0.2) is 27.1 Å². The SMILES string of the molecule is CCNC(C)c1nnc(-c2cc(F)cc(Br)c2)o1. The third kappa shape index (κ3) is 2.94. The molecule has 1 aromatic carbocycles. The van der Waals surface area contributed by atoms with E-state index in [-0.39, 0.29) is 11.9 Å². The molecule has 0 spiro atoms. The number of rotatable bonds is 4. The van der Waals surface area contributed by atoms with Crippen LogP contribution in [0, 0.1) is 5.82 Å². The fourth-order valence-corrected chi connectivity index (χ4v) is 2.06. The van der Waals surface area contributed by atoms with Crippen LogP contribution in [0.3, 0.4) is 0 Å². The van der Waals surface area contributed by atoms with Crippen LogP contribution in [0.2, 0.25) is 0 Å². The van der Waals surface area contributed by atoms with Crippen molar-refractivity contribution in [3.8, 4) is 11.5 Å². The summed E-state index contributed by atoms with van der Waals surface area (Å²) in [5.74, 6) is 0.459. The molecule has 0 saturated carbocycles. The van der Waals surface area contributed by atoms with Crippen molar-refractivity contribution in [1.29, 1.82) is 0 Å². The summed E-state index contributed by atoms with van der Waals surface area (Å²) in [6, 6.07) is 4.45. The molecule has 2 aromatic rings. The van der Waals surface area contributed by atoms with Crippen molar-refractivity contribution < 1.29 is 8.81 Å². The first kappa shape index (κ1) is 13.2. The normalized spacial score (nSPS) is 12.7. The number of nitrogens with one attached hydrogen (secondary N) is 1. The number of halogens is 2. The summed E-state index contributed by atoms with van der Waals surface area (Å²) in [6.45, 7) is 4.74. The predicted molar refractivity (Wildman–Crippen MR) is 69.5 cm³/mol. The van der Waals surface area contributed by atoms with Crippen molar-refractivity contribution in [2.24, 2.45) is 0 Å². The zero-order valence-corrected chi connectivity index (χ0v) is 11.7. The van der Waals surface area contributed by atoms with Gasteiger partial charge in [-0.1, -0.05) is 22.9 Å². The number of benzene rings is 1. The summed E-state index contributed by atoms with van der Waals surface area (Å²) in [4.78, 5) is 0. The van der Waals surface area contributed by atoms with E-state index >= 15 is 0 Å². The number of nitrogens with zero attached hydrogens (tertiary/aromatic N) is 2. The van der Waals surface area contributed by atoms with Gasteiger partial charge in [-0.05, 0) is 31.7 Å². The molecular weight excluding hydrogens is 301 g/mol. The fraction of sp³-hybridized carbons (Fsp3) is 0.333. The highest BCUT2D eigenvalue weighted by atomic mass is 79.9. The van der Waals surface area contributed by atoms with Crippen LogP contribution in [0.25, 0.3) is 11.5 Å². The van der Waals surface area contributed by atoms with E-state index in [0.717, 1.165) is 6.54 Å². The number of hydrogen-bond donors (Lipinski definition) is 1. The summed E-state index contributed by atoms with van der Waals surface area (Å²) < 4.78 is 19.4. The zero-order chi connectivity index (χ0) is 13.1. The Hall–Kier alpha value is -1.27. The third-order valence-corrected chi connectivity index (χ3v) is 2.89. The van der Waals surface area contributed by atoms with Gasteiger partial charge in [-0.3, -0.25) is 0 Å². The molecule has 1 atom stereocenters. The lowest BCUT2D eigenvalue weighted by atomic mass is 10.2. The Morgan fingerprint density at radius 3 is 2.83 bits per heavy atom. The summed E-state index contributed by atoms with van der Waals surface area (Å²) >= 11 is 3.23. The second-order valence-electron chi connectivity index (χ2n) is 3.88. The van der Waals surface area contributed by atoms with Gasteiger partial charge in [0.15, 0.2) is 0 Å². The molecule has 18 heavy (non-hydrogen) atoms. The quantitative estimate of drug-likeness (QED) is 0.941. The average molecular weight is 314 g/mol. The maximum atomic E-state index is 13.3. The molecule has 1 unspecified atom stereocenters. The molecule has 1 aromatic heterocycles. The highest BCUT2D eigenvalue weighted by molar-refractivity contribution is 9.10. The average Bonchev–Trinajstić information content (AvgIpc) is 2.77. The van der Waals surface area contributed by atoms with E-state index < -0.39 is 0 Å². The molecule has 0 radical (unpaired) electrons. The summed E-state index contributed by atoms with van der Waals surface area (Å²) in [5, 5.41) is 11.1.